The number of aldehydes is 1. The van der Waals surface area contributed by atoms with Crippen molar-refractivity contribution in [2.45, 2.75) is 51.9 Å². The number of hydrogen-bond acceptors (Lipinski definition) is 5. The number of nitrogen functional groups attached to an aromatic ring is 2. The maximum atomic E-state index is 10.0. The van der Waals surface area contributed by atoms with Gasteiger partial charge in [-0.15, -0.1) is 0 Å². The van der Waals surface area contributed by atoms with Crippen molar-refractivity contribution in [3.05, 3.63) is 72.1 Å². The Morgan fingerprint density at radius 3 is 2.24 bits per heavy atom. The smallest absolute Gasteiger partial charge is 0.150 e. The largest absolute Gasteiger partial charge is 0.399 e. The van der Waals surface area contributed by atoms with Crippen LogP contribution < -0.4 is 11.5 Å². The Balaban J connectivity index is 0.000000275. The van der Waals surface area contributed by atoms with E-state index in [1.807, 2.05) is 42.5 Å². The van der Waals surface area contributed by atoms with Gasteiger partial charge in [-0.2, -0.15) is 0 Å². The number of carbonyl (C=O) groups excluding carboxylic acids is 1. The molecule has 172 valence electrons. The standard InChI is InChI=1S/C21H28N4.C7H6O/c1-2-21(10-14-3-4-15(9-14)11-21)12-18-20(23)24-13-19(25-18)16-5-7-17(22)8-6-16;8-6-7-4-2-1-3-5-7/h5-8,13-15H,2-4,9-12,22H2,1H3,(H2,23,24);1-6H. The van der Waals surface area contributed by atoms with E-state index in [1.165, 1.54) is 38.5 Å². The van der Waals surface area contributed by atoms with Crippen molar-refractivity contribution >= 4 is 17.8 Å². The first-order valence-corrected chi connectivity index (χ1v) is 12.0. The van der Waals surface area contributed by atoms with Crippen LogP contribution in [0, 0.1) is 17.3 Å². The molecule has 5 rings (SSSR count). The molecule has 2 fully saturated rings. The molecule has 5 nitrogen and oxygen atoms in total. The second-order valence-corrected chi connectivity index (χ2v) is 9.72. The summed E-state index contributed by atoms with van der Waals surface area (Å²) >= 11 is 0. The molecule has 1 heterocycles. The fourth-order valence-electron chi connectivity index (χ4n) is 5.66. The predicted molar refractivity (Wildman–Crippen MR) is 135 cm³/mol. The zero-order valence-corrected chi connectivity index (χ0v) is 19.4. The van der Waals surface area contributed by atoms with Crippen LogP contribution in [-0.4, -0.2) is 16.3 Å². The van der Waals surface area contributed by atoms with Crippen LogP contribution in [0.3, 0.4) is 0 Å². The van der Waals surface area contributed by atoms with E-state index in [4.69, 9.17) is 16.5 Å². The van der Waals surface area contributed by atoms with Crippen molar-refractivity contribution in [1.29, 1.82) is 0 Å². The average Bonchev–Trinajstić information content (AvgIpc) is 3.20. The SMILES string of the molecule is CCC1(Cc2nc(-c3ccc(N)cc3)cnc2N)CC2CCC(C2)C1.O=Cc1ccccc1. The first-order chi connectivity index (χ1) is 16.0. The highest BCUT2D eigenvalue weighted by atomic mass is 16.1. The number of fused-ring (bicyclic) bond motifs is 2. The summed E-state index contributed by atoms with van der Waals surface area (Å²) in [5.74, 6) is 2.41. The van der Waals surface area contributed by atoms with Crippen LogP contribution in [0.2, 0.25) is 0 Å². The molecule has 0 amide bonds. The summed E-state index contributed by atoms with van der Waals surface area (Å²) in [6.07, 6.45) is 11.7. The van der Waals surface area contributed by atoms with Crippen molar-refractivity contribution in [2.75, 3.05) is 11.5 Å². The number of rotatable bonds is 5. The minimum absolute atomic E-state index is 0.354. The van der Waals surface area contributed by atoms with Gasteiger partial charge in [-0.05, 0) is 55.1 Å². The average molecular weight is 443 g/mol. The second kappa shape index (κ2) is 10.2. The molecule has 2 bridgehead atoms. The van der Waals surface area contributed by atoms with Gasteiger partial charge in [0.2, 0.25) is 0 Å². The molecule has 0 saturated heterocycles. The zero-order valence-electron chi connectivity index (χ0n) is 19.4. The first kappa shape index (κ1) is 23.0. The molecule has 2 saturated carbocycles. The number of anilines is 2. The normalized spacial score (nSPS) is 23.4. The molecule has 33 heavy (non-hydrogen) atoms. The minimum Gasteiger partial charge on any atom is -0.399 e. The number of carbonyl (C=O) groups is 1. The minimum atomic E-state index is 0.354. The van der Waals surface area contributed by atoms with Crippen molar-refractivity contribution in [1.82, 2.24) is 9.97 Å². The van der Waals surface area contributed by atoms with Crippen LogP contribution >= 0.6 is 0 Å². The molecule has 2 aliphatic rings. The summed E-state index contributed by atoms with van der Waals surface area (Å²) < 4.78 is 0. The first-order valence-electron chi connectivity index (χ1n) is 12.0. The van der Waals surface area contributed by atoms with Gasteiger partial charge >= 0.3 is 0 Å². The maximum absolute atomic E-state index is 10.0. The molecule has 4 N–H and O–H groups in total. The highest BCUT2D eigenvalue weighted by Crippen LogP contribution is 2.53. The lowest BCUT2D eigenvalue weighted by atomic mass is 9.65. The van der Waals surface area contributed by atoms with Crippen molar-refractivity contribution in [3.8, 4) is 11.3 Å². The van der Waals surface area contributed by atoms with Gasteiger partial charge < -0.3 is 11.5 Å². The van der Waals surface area contributed by atoms with Crippen LogP contribution in [0.25, 0.3) is 11.3 Å². The monoisotopic (exact) mass is 442 g/mol. The molecule has 2 atom stereocenters. The molecule has 2 unspecified atom stereocenters. The van der Waals surface area contributed by atoms with E-state index in [0.29, 0.717) is 11.2 Å². The lowest BCUT2D eigenvalue weighted by molar-refractivity contribution is 0.112. The van der Waals surface area contributed by atoms with Crippen LogP contribution in [0.15, 0.2) is 60.8 Å². The Morgan fingerprint density at radius 1 is 1.00 bits per heavy atom. The van der Waals surface area contributed by atoms with Crippen LogP contribution in [0.5, 0.6) is 0 Å². The van der Waals surface area contributed by atoms with E-state index in [9.17, 15) is 4.79 Å². The van der Waals surface area contributed by atoms with Crippen molar-refractivity contribution in [2.24, 2.45) is 17.3 Å². The van der Waals surface area contributed by atoms with Crippen molar-refractivity contribution < 1.29 is 4.79 Å². The number of hydrogen-bond donors (Lipinski definition) is 2. The van der Waals surface area contributed by atoms with E-state index in [1.54, 1.807) is 18.3 Å². The van der Waals surface area contributed by atoms with Crippen molar-refractivity contribution in [3.63, 3.8) is 0 Å². The molecule has 0 spiro atoms. The molecule has 5 heteroatoms. The van der Waals surface area contributed by atoms with E-state index in [0.717, 1.165) is 52.7 Å². The van der Waals surface area contributed by atoms with Crippen LogP contribution in [0.1, 0.15) is 61.5 Å². The van der Waals surface area contributed by atoms with Gasteiger partial charge in [0.05, 0.1) is 17.6 Å². The summed E-state index contributed by atoms with van der Waals surface area (Å²) in [5.41, 5.74) is 16.7. The van der Waals surface area contributed by atoms with E-state index in [2.05, 4.69) is 11.9 Å². The Morgan fingerprint density at radius 2 is 1.67 bits per heavy atom. The van der Waals surface area contributed by atoms with E-state index in [-0.39, 0.29) is 0 Å². The lowest BCUT2D eigenvalue weighted by Gasteiger charge is -2.40. The van der Waals surface area contributed by atoms with Crippen LogP contribution in [-0.2, 0) is 6.42 Å². The Labute approximate surface area is 196 Å². The second-order valence-electron chi connectivity index (χ2n) is 9.72. The fraction of sp³-hybridized carbons (Fsp3) is 0.393. The summed E-state index contributed by atoms with van der Waals surface area (Å²) in [6, 6.07) is 16.9. The molecular formula is C28H34N4O. The Kier molecular flexibility index (Phi) is 7.07. The number of nitrogens with two attached hydrogens (primary N) is 2. The highest BCUT2D eigenvalue weighted by molar-refractivity contribution is 5.74. The molecule has 2 aromatic carbocycles. The summed E-state index contributed by atoms with van der Waals surface area (Å²) in [4.78, 5) is 19.4. The summed E-state index contributed by atoms with van der Waals surface area (Å²) in [7, 11) is 0. The molecule has 0 radical (unpaired) electrons. The van der Waals surface area contributed by atoms with Gasteiger partial charge in [0.25, 0.3) is 0 Å². The third-order valence-corrected chi connectivity index (χ3v) is 7.40. The lowest BCUT2D eigenvalue weighted by Crippen LogP contribution is -2.32. The van der Waals surface area contributed by atoms with Crippen LogP contribution in [0.4, 0.5) is 11.5 Å². The quantitative estimate of drug-likeness (QED) is 0.376. The van der Waals surface area contributed by atoms with E-state index >= 15 is 0 Å². The fourth-order valence-corrected chi connectivity index (χ4v) is 5.66. The predicted octanol–water partition coefficient (Wildman–Crippen LogP) is 5.96. The molecule has 2 aliphatic carbocycles. The molecular weight excluding hydrogens is 408 g/mol. The van der Waals surface area contributed by atoms with Gasteiger partial charge in [-0.3, -0.25) is 4.79 Å². The van der Waals surface area contributed by atoms with Gasteiger partial charge in [0.15, 0.2) is 0 Å². The molecule has 3 aromatic rings. The zero-order chi connectivity index (χ0) is 23.3. The van der Waals surface area contributed by atoms with E-state index < -0.39 is 0 Å². The Hall–Kier alpha value is -3.21. The number of benzene rings is 2. The Bertz CT molecular complexity index is 1050. The van der Waals surface area contributed by atoms with Gasteiger partial charge in [-0.25, -0.2) is 9.97 Å². The number of nitrogens with zero attached hydrogens (tertiary/aromatic N) is 2. The van der Waals surface area contributed by atoms with Gasteiger partial charge in [0, 0.05) is 16.8 Å². The molecule has 0 aliphatic heterocycles. The highest BCUT2D eigenvalue weighted by Gasteiger charge is 2.43. The summed E-state index contributed by atoms with van der Waals surface area (Å²) in [5, 5.41) is 0. The topological polar surface area (TPSA) is 94.9 Å². The third kappa shape index (κ3) is 5.59. The van der Waals surface area contributed by atoms with Gasteiger partial charge in [-0.1, -0.05) is 68.7 Å². The molecule has 1 aromatic heterocycles. The number of aromatic nitrogens is 2. The maximum Gasteiger partial charge on any atom is 0.150 e. The third-order valence-electron chi connectivity index (χ3n) is 7.40. The van der Waals surface area contributed by atoms with Gasteiger partial charge in [0.1, 0.15) is 12.1 Å². The summed E-state index contributed by atoms with van der Waals surface area (Å²) in [6.45, 7) is 2.33.